The maximum Gasteiger partial charge on any atom is 0.123 e. The second-order valence-electron chi connectivity index (χ2n) is 5.61. The molecule has 1 saturated heterocycles. The SMILES string of the molecule is CCNCc1cc(F)ccc1N1CCCC(C)C1C. The summed E-state index contributed by atoms with van der Waals surface area (Å²) in [5.41, 5.74) is 2.27. The van der Waals surface area contributed by atoms with Gasteiger partial charge in [0.25, 0.3) is 0 Å². The predicted molar refractivity (Wildman–Crippen MR) is 79.0 cm³/mol. The zero-order valence-corrected chi connectivity index (χ0v) is 12.2. The molecule has 3 heteroatoms. The van der Waals surface area contributed by atoms with Gasteiger partial charge >= 0.3 is 0 Å². The van der Waals surface area contributed by atoms with Gasteiger partial charge in [-0.3, -0.25) is 0 Å². The molecular formula is C16H25FN2. The Hall–Kier alpha value is -1.09. The lowest BCUT2D eigenvalue weighted by molar-refractivity contribution is 0.363. The molecule has 106 valence electrons. The zero-order valence-electron chi connectivity index (χ0n) is 12.2. The summed E-state index contributed by atoms with van der Waals surface area (Å²) in [6.07, 6.45) is 2.52. The van der Waals surface area contributed by atoms with Gasteiger partial charge in [0.1, 0.15) is 5.82 Å². The maximum atomic E-state index is 13.5. The Morgan fingerprint density at radius 3 is 2.89 bits per heavy atom. The number of nitrogens with zero attached hydrogens (tertiary/aromatic N) is 1. The van der Waals surface area contributed by atoms with Crippen LogP contribution in [0.2, 0.25) is 0 Å². The molecule has 0 spiro atoms. The highest BCUT2D eigenvalue weighted by Crippen LogP contribution is 2.31. The number of benzene rings is 1. The number of piperidine rings is 1. The first-order chi connectivity index (χ1) is 9.13. The molecule has 2 rings (SSSR count). The second kappa shape index (κ2) is 6.38. The fourth-order valence-corrected chi connectivity index (χ4v) is 2.91. The Labute approximate surface area is 116 Å². The summed E-state index contributed by atoms with van der Waals surface area (Å²) < 4.78 is 13.5. The number of hydrogen-bond donors (Lipinski definition) is 1. The van der Waals surface area contributed by atoms with E-state index in [1.807, 2.05) is 6.07 Å². The van der Waals surface area contributed by atoms with Gasteiger partial charge in [0.05, 0.1) is 0 Å². The van der Waals surface area contributed by atoms with E-state index in [9.17, 15) is 4.39 Å². The molecule has 1 heterocycles. The quantitative estimate of drug-likeness (QED) is 0.894. The van der Waals surface area contributed by atoms with Gasteiger partial charge in [-0.15, -0.1) is 0 Å². The topological polar surface area (TPSA) is 15.3 Å². The zero-order chi connectivity index (χ0) is 13.8. The summed E-state index contributed by atoms with van der Waals surface area (Å²) in [6.45, 7) is 9.39. The number of halogens is 1. The molecule has 1 N–H and O–H groups in total. The molecule has 2 nitrogen and oxygen atoms in total. The molecule has 1 aromatic carbocycles. The van der Waals surface area contributed by atoms with Crippen molar-refractivity contribution >= 4 is 5.69 Å². The molecule has 0 amide bonds. The van der Waals surface area contributed by atoms with Crippen LogP contribution in [0.4, 0.5) is 10.1 Å². The Morgan fingerprint density at radius 1 is 1.37 bits per heavy atom. The molecule has 1 fully saturated rings. The molecule has 0 radical (unpaired) electrons. The normalized spacial score (nSPS) is 23.7. The summed E-state index contributed by atoms with van der Waals surface area (Å²) in [5, 5.41) is 3.30. The molecule has 0 saturated carbocycles. The number of hydrogen-bond acceptors (Lipinski definition) is 2. The average Bonchev–Trinajstić information content (AvgIpc) is 2.40. The molecule has 0 aromatic heterocycles. The first-order valence-electron chi connectivity index (χ1n) is 7.39. The van der Waals surface area contributed by atoms with Crippen molar-refractivity contribution in [1.82, 2.24) is 5.32 Å². The first kappa shape index (κ1) is 14.3. The molecule has 1 aromatic rings. The predicted octanol–water partition coefficient (Wildman–Crippen LogP) is 3.56. The van der Waals surface area contributed by atoms with E-state index in [0.29, 0.717) is 12.0 Å². The van der Waals surface area contributed by atoms with Crippen molar-refractivity contribution < 1.29 is 4.39 Å². The van der Waals surface area contributed by atoms with Gasteiger partial charge in [-0.05, 0) is 56.0 Å². The summed E-state index contributed by atoms with van der Waals surface area (Å²) in [4.78, 5) is 2.44. The van der Waals surface area contributed by atoms with E-state index in [1.165, 1.54) is 18.5 Å². The van der Waals surface area contributed by atoms with Gasteiger partial charge in [-0.1, -0.05) is 13.8 Å². The van der Waals surface area contributed by atoms with Crippen LogP contribution >= 0.6 is 0 Å². The monoisotopic (exact) mass is 264 g/mol. The van der Waals surface area contributed by atoms with Crippen molar-refractivity contribution in [3.8, 4) is 0 Å². The van der Waals surface area contributed by atoms with Crippen molar-refractivity contribution in [2.75, 3.05) is 18.0 Å². The van der Waals surface area contributed by atoms with Crippen molar-refractivity contribution in [2.24, 2.45) is 5.92 Å². The Kier molecular flexibility index (Phi) is 4.81. The highest BCUT2D eigenvalue weighted by atomic mass is 19.1. The summed E-state index contributed by atoms with van der Waals surface area (Å²) in [5.74, 6) is 0.556. The molecule has 0 aliphatic carbocycles. The van der Waals surface area contributed by atoms with E-state index in [-0.39, 0.29) is 5.82 Å². The Balaban J connectivity index is 2.26. The van der Waals surface area contributed by atoms with Gasteiger partial charge in [0.2, 0.25) is 0 Å². The third kappa shape index (κ3) is 3.27. The minimum absolute atomic E-state index is 0.144. The van der Waals surface area contributed by atoms with Gasteiger partial charge < -0.3 is 10.2 Å². The van der Waals surface area contributed by atoms with Gasteiger partial charge in [-0.2, -0.15) is 0 Å². The van der Waals surface area contributed by atoms with Gasteiger partial charge in [0, 0.05) is 24.8 Å². The lowest BCUT2D eigenvalue weighted by Crippen LogP contribution is -2.43. The van der Waals surface area contributed by atoms with Crippen LogP contribution in [0, 0.1) is 11.7 Å². The lowest BCUT2D eigenvalue weighted by atomic mass is 9.91. The van der Waals surface area contributed by atoms with Crippen LogP contribution in [0.1, 0.15) is 39.2 Å². The van der Waals surface area contributed by atoms with Crippen LogP contribution in [0.15, 0.2) is 18.2 Å². The molecule has 0 bridgehead atoms. The number of anilines is 1. The van der Waals surface area contributed by atoms with E-state index in [0.717, 1.165) is 25.2 Å². The van der Waals surface area contributed by atoms with Gasteiger partial charge in [0.15, 0.2) is 0 Å². The van der Waals surface area contributed by atoms with Crippen LogP contribution in [-0.4, -0.2) is 19.1 Å². The van der Waals surface area contributed by atoms with Crippen LogP contribution < -0.4 is 10.2 Å². The van der Waals surface area contributed by atoms with Crippen molar-refractivity contribution in [3.63, 3.8) is 0 Å². The minimum atomic E-state index is -0.144. The molecule has 2 atom stereocenters. The van der Waals surface area contributed by atoms with E-state index in [2.05, 4.69) is 31.0 Å². The van der Waals surface area contributed by atoms with E-state index < -0.39 is 0 Å². The van der Waals surface area contributed by atoms with E-state index >= 15 is 0 Å². The highest BCUT2D eigenvalue weighted by molar-refractivity contribution is 5.55. The van der Waals surface area contributed by atoms with E-state index in [4.69, 9.17) is 0 Å². The second-order valence-corrected chi connectivity index (χ2v) is 5.61. The molecule has 1 aliphatic heterocycles. The summed E-state index contributed by atoms with van der Waals surface area (Å²) >= 11 is 0. The minimum Gasteiger partial charge on any atom is -0.368 e. The van der Waals surface area contributed by atoms with E-state index in [1.54, 1.807) is 12.1 Å². The molecule has 19 heavy (non-hydrogen) atoms. The summed E-state index contributed by atoms with van der Waals surface area (Å²) in [7, 11) is 0. The van der Waals surface area contributed by atoms with Crippen LogP contribution in [0.25, 0.3) is 0 Å². The molecular weight excluding hydrogens is 239 g/mol. The standard InChI is InChI=1S/C16H25FN2/c1-4-18-11-14-10-15(17)7-8-16(14)19-9-5-6-12(2)13(19)3/h7-8,10,12-13,18H,4-6,9,11H2,1-3H3. The van der Waals surface area contributed by atoms with Crippen molar-refractivity contribution in [3.05, 3.63) is 29.6 Å². The highest BCUT2D eigenvalue weighted by Gasteiger charge is 2.26. The molecule has 1 aliphatic rings. The van der Waals surface area contributed by atoms with Crippen LogP contribution in [-0.2, 0) is 6.54 Å². The van der Waals surface area contributed by atoms with Gasteiger partial charge in [-0.25, -0.2) is 4.39 Å². The third-order valence-corrected chi connectivity index (χ3v) is 4.29. The summed E-state index contributed by atoms with van der Waals surface area (Å²) in [6, 6.07) is 5.72. The third-order valence-electron chi connectivity index (χ3n) is 4.29. The van der Waals surface area contributed by atoms with Crippen molar-refractivity contribution in [1.29, 1.82) is 0 Å². The fraction of sp³-hybridized carbons (Fsp3) is 0.625. The Bertz CT molecular complexity index is 419. The smallest absolute Gasteiger partial charge is 0.123 e. The lowest BCUT2D eigenvalue weighted by Gasteiger charge is -2.40. The average molecular weight is 264 g/mol. The number of nitrogens with one attached hydrogen (secondary N) is 1. The maximum absolute atomic E-state index is 13.5. The number of rotatable bonds is 4. The largest absolute Gasteiger partial charge is 0.368 e. The van der Waals surface area contributed by atoms with Crippen LogP contribution in [0.3, 0.4) is 0 Å². The van der Waals surface area contributed by atoms with Crippen molar-refractivity contribution in [2.45, 2.75) is 46.2 Å². The van der Waals surface area contributed by atoms with Crippen LogP contribution in [0.5, 0.6) is 0 Å². The first-order valence-corrected chi connectivity index (χ1v) is 7.39. The molecule has 2 unspecified atom stereocenters. The fourth-order valence-electron chi connectivity index (χ4n) is 2.91. The Morgan fingerprint density at radius 2 is 2.16 bits per heavy atom.